The Morgan fingerprint density at radius 1 is 1.44 bits per heavy atom. The summed E-state index contributed by atoms with van der Waals surface area (Å²) in [7, 11) is 0. The normalized spacial score (nSPS) is 11.2. The van der Waals surface area contributed by atoms with Gasteiger partial charge in [0, 0.05) is 17.4 Å². The van der Waals surface area contributed by atoms with Crippen molar-refractivity contribution in [3.8, 4) is 0 Å². The van der Waals surface area contributed by atoms with Crippen LogP contribution in [-0.4, -0.2) is 12.6 Å². The highest BCUT2D eigenvalue weighted by Crippen LogP contribution is 2.23. The van der Waals surface area contributed by atoms with Gasteiger partial charge in [0.05, 0.1) is 6.61 Å². The van der Waals surface area contributed by atoms with Gasteiger partial charge in [0.2, 0.25) is 0 Å². The number of carbonyl (C=O) groups is 1. The molecule has 0 saturated heterocycles. The van der Waals surface area contributed by atoms with Crippen molar-refractivity contribution in [3.05, 3.63) is 34.9 Å². The van der Waals surface area contributed by atoms with E-state index in [1.165, 1.54) is 6.92 Å². The first-order valence-corrected chi connectivity index (χ1v) is 5.65. The van der Waals surface area contributed by atoms with E-state index in [0.29, 0.717) is 6.61 Å². The Kier molecular flexibility index (Phi) is 4.36. The molecule has 0 saturated carbocycles. The number of hydrogen-bond donors (Lipinski definition) is 0. The Bertz CT molecular complexity index is 372. The predicted molar refractivity (Wildman–Crippen MR) is 65.6 cm³/mol. The molecular formula is C13H17ClO2. The van der Waals surface area contributed by atoms with Crippen LogP contribution in [0.2, 0.25) is 5.02 Å². The highest BCUT2D eigenvalue weighted by molar-refractivity contribution is 6.30. The number of benzene rings is 1. The van der Waals surface area contributed by atoms with Crippen LogP contribution < -0.4 is 0 Å². The highest BCUT2D eigenvalue weighted by atomic mass is 35.5. The molecule has 0 aliphatic carbocycles. The third-order valence-corrected chi connectivity index (χ3v) is 2.47. The second-order valence-corrected chi connectivity index (χ2v) is 5.19. The lowest BCUT2D eigenvalue weighted by Crippen LogP contribution is -2.23. The maximum Gasteiger partial charge on any atom is 0.302 e. The van der Waals surface area contributed by atoms with Crippen LogP contribution in [0, 0.1) is 5.41 Å². The molecular weight excluding hydrogens is 224 g/mol. The summed E-state index contributed by atoms with van der Waals surface area (Å²) in [5.41, 5.74) is 1.08. The van der Waals surface area contributed by atoms with E-state index in [4.69, 9.17) is 16.3 Å². The van der Waals surface area contributed by atoms with Gasteiger partial charge in [0.1, 0.15) is 0 Å². The van der Waals surface area contributed by atoms with Crippen molar-refractivity contribution in [1.82, 2.24) is 0 Å². The van der Waals surface area contributed by atoms with Crippen LogP contribution in [0.1, 0.15) is 26.3 Å². The van der Waals surface area contributed by atoms with Gasteiger partial charge >= 0.3 is 5.97 Å². The van der Waals surface area contributed by atoms with Gasteiger partial charge in [-0.1, -0.05) is 37.6 Å². The first-order chi connectivity index (χ1) is 7.39. The van der Waals surface area contributed by atoms with Gasteiger partial charge in [0.15, 0.2) is 0 Å². The van der Waals surface area contributed by atoms with Crippen LogP contribution in [0.15, 0.2) is 24.3 Å². The molecule has 0 bridgehead atoms. The number of halogens is 1. The predicted octanol–water partition coefficient (Wildman–Crippen LogP) is 3.47. The number of ether oxygens (including phenoxy) is 1. The summed E-state index contributed by atoms with van der Waals surface area (Å²) in [6.07, 6.45) is 0.834. The average molecular weight is 241 g/mol. The van der Waals surface area contributed by atoms with Gasteiger partial charge in [-0.25, -0.2) is 0 Å². The fourth-order valence-electron chi connectivity index (χ4n) is 1.55. The fourth-order valence-corrected chi connectivity index (χ4v) is 1.76. The minimum absolute atomic E-state index is 0.0731. The van der Waals surface area contributed by atoms with Crippen molar-refractivity contribution in [1.29, 1.82) is 0 Å². The molecule has 1 aromatic rings. The minimum Gasteiger partial charge on any atom is -0.465 e. The molecule has 0 N–H and O–H groups in total. The largest absolute Gasteiger partial charge is 0.465 e. The van der Waals surface area contributed by atoms with Gasteiger partial charge in [-0.3, -0.25) is 4.79 Å². The van der Waals surface area contributed by atoms with Crippen molar-refractivity contribution in [3.63, 3.8) is 0 Å². The third kappa shape index (κ3) is 4.67. The summed E-state index contributed by atoms with van der Waals surface area (Å²) >= 11 is 5.92. The molecule has 0 spiro atoms. The number of hydrogen-bond acceptors (Lipinski definition) is 2. The lowest BCUT2D eigenvalue weighted by Gasteiger charge is -2.24. The van der Waals surface area contributed by atoms with Crippen LogP contribution >= 0.6 is 11.6 Å². The van der Waals surface area contributed by atoms with Crippen molar-refractivity contribution in [2.75, 3.05) is 6.61 Å². The summed E-state index contributed by atoms with van der Waals surface area (Å²) in [6.45, 7) is 5.98. The topological polar surface area (TPSA) is 26.3 Å². The average Bonchev–Trinajstić information content (AvgIpc) is 2.14. The molecule has 0 aliphatic heterocycles. The molecule has 1 aromatic carbocycles. The van der Waals surface area contributed by atoms with Crippen molar-refractivity contribution < 1.29 is 9.53 Å². The van der Waals surface area contributed by atoms with E-state index in [-0.39, 0.29) is 11.4 Å². The summed E-state index contributed by atoms with van der Waals surface area (Å²) in [5.74, 6) is -0.237. The molecule has 88 valence electrons. The van der Waals surface area contributed by atoms with Gasteiger partial charge in [-0.15, -0.1) is 0 Å². The molecule has 1 rings (SSSR count). The summed E-state index contributed by atoms with van der Waals surface area (Å²) < 4.78 is 5.04. The molecule has 0 amide bonds. The smallest absolute Gasteiger partial charge is 0.302 e. The zero-order chi connectivity index (χ0) is 12.2. The maximum atomic E-state index is 10.8. The molecule has 2 nitrogen and oxygen atoms in total. The Morgan fingerprint density at radius 3 is 2.69 bits per heavy atom. The van der Waals surface area contributed by atoms with E-state index in [1.54, 1.807) is 0 Å². The maximum absolute atomic E-state index is 10.8. The monoisotopic (exact) mass is 240 g/mol. The Hall–Kier alpha value is -1.02. The molecule has 0 radical (unpaired) electrons. The van der Waals surface area contributed by atoms with Crippen LogP contribution in [0.4, 0.5) is 0 Å². The van der Waals surface area contributed by atoms with Gasteiger partial charge in [-0.05, 0) is 24.1 Å². The Morgan fingerprint density at radius 2 is 2.12 bits per heavy atom. The van der Waals surface area contributed by atoms with Crippen molar-refractivity contribution in [2.24, 2.45) is 5.41 Å². The van der Waals surface area contributed by atoms with Crippen LogP contribution in [0.5, 0.6) is 0 Å². The first kappa shape index (κ1) is 13.0. The standard InChI is InChI=1S/C13H17ClO2/c1-10(15)16-9-13(2,3)8-11-5-4-6-12(14)7-11/h4-7H,8-9H2,1-3H3. The van der Waals surface area contributed by atoms with Gasteiger partial charge in [0.25, 0.3) is 0 Å². The van der Waals surface area contributed by atoms with Crippen LogP contribution in [-0.2, 0) is 16.0 Å². The van der Waals surface area contributed by atoms with E-state index in [2.05, 4.69) is 13.8 Å². The van der Waals surface area contributed by atoms with E-state index >= 15 is 0 Å². The summed E-state index contributed by atoms with van der Waals surface area (Å²) in [5, 5.41) is 0.737. The quantitative estimate of drug-likeness (QED) is 0.754. The molecule has 0 fully saturated rings. The molecule has 3 heteroatoms. The van der Waals surface area contributed by atoms with Gasteiger partial charge < -0.3 is 4.74 Å². The van der Waals surface area contributed by atoms with Crippen molar-refractivity contribution in [2.45, 2.75) is 27.2 Å². The number of carbonyl (C=O) groups excluding carboxylic acids is 1. The SMILES string of the molecule is CC(=O)OCC(C)(C)Cc1cccc(Cl)c1. The Balaban J connectivity index is 2.61. The van der Waals surface area contributed by atoms with E-state index < -0.39 is 0 Å². The van der Waals surface area contributed by atoms with Crippen LogP contribution in [0.3, 0.4) is 0 Å². The first-order valence-electron chi connectivity index (χ1n) is 5.27. The molecule has 16 heavy (non-hydrogen) atoms. The lowest BCUT2D eigenvalue weighted by atomic mass is 9.87. The third-order valence-electron chi connectivity index (χ3n) is 2.24. The minimum atomic E-state index is -0.237. The van der Waals surface area contributed by atoms with E-state index in [1.807, 2.05) is 24.3 Å². The Labute approximate surface area is 102 Å². The molecule has 0 aromatic heterocycles. The fraction of sp³-hybridized carbons (Fsp3) is 0.462. The molecule has 0 unspecified atom stereocenters. The molecule has 0 aliphatic rings. The lowest BCUT2D eigenvalue weighted by molar-refractivity contribution is -0.143. The zero-order valence-corrected chi connectivity index (χ0v) is 10.7. The second-order valence-electron chi connectivity index (χ2n) is 4.75. The molecule has 0 heterocycles. The van der Waals surface area contributed by atoms with E-state index in [9.17, 15) is 4.79 Å². The summed E-state index contributed by atoms with van der Waals surface area (Å²) in [4.78, 5) is 10.8. The second kappa shape index (κ2) is 5.35. The number of esters is 1. The van der Waals surface area contributed by atoms with E-state index in [0.717, 1.165) is 17.0 Å². The van der Waals surface area contributed by atoms with Crippen molar-refractivity contribution >= 4 is 17.6 Å². The zero-order valence-electron chi connectivity index (χ0n) is 9.92. The number of rotatable bonds is 4. The molecule has 0 atom stereocenters. The summed E-state index contributed by atoms with van der Waals surface area (Å²) in [6, 6.07) is 7.75. The highest BCUT2D eigenvalue weighted by Gasteiger charge is 2.20. The van der Waals surface area contributed by atoms with Gasteiger partial charge in [-0.2, -0.15) is 0 Å². The van der Waals surface area contributed by atoms with Crippen LogP contribution in [0.25, 0.3) is 0 Å².